The molecule has 4 rings (SSSR count). The molecule has 3 N–H and O–H groups in total. The van der Waals surface area contributed by atoms with Crippen LogP contribution in [-0.4, -0.2) is 38.5 Å². The number of benzene rings is 1. The first-order valence-corrected chi connectivity index (χ1v) is 8.92. The van der Waals surface area contributed by atoms with E-state index in [-0.39, 0.29) is 17.2 Å². The smallest absolute Gasteiger partial charge is 0.395 e. The Labute approximate surface area is 167 Å². The van der Waals surface area contributed by atoms with Crippen LogP contribution in [0.2, 0.25) is 0 Å². The maximum absolute atomic E-state index is 12.5. The number of halogens is 3. The quantitative estimate of drug-likeness (QED) is 0.511. The van der Waals surface area contributed by atoms with Gasteiger partial charge < -0.3 is 20.0 Å². The molecular formula is C19H17F3N6O2. The van der Waals surface area contributed by atoms with E-state index in [0.29, 0.717) is 27.9 Å². The number of nitrogens with two attached hydrogens (primary N) is 1. The predicted octanol–water partition coefficient (Wildman–Crippen LogP) is 3.34. The maximum atomic E-state index is 12.5. The summed E-state index contributed by atoms with van der Waals surface area (Å²) in [6.07, 6.45) is -4.57. The van der Waals surface area contributed by atoms with E-state index in [4.69, 9.17) is 10.2 Å². The second-order valence-corrected chi connectivity index (χ2v) is 6.80. The van der Waals surface area contributed by atoms with Crippen LogP contribution in [-0.2, 0) is 11.8 Å². The lowest BCUT2D eigenvalue weighted by atomic mass is 9.99. The topological polar surface area (TPSA) is 112 Å². The van der Waals surface area contributed by atoms with Crippen LogP contribution in [0.15, 0.2) is 35.0 Å². The van der Waals surface area contributed by atoms with Crippen LogP contribution in [0.25, 0.3) is 33.7 Å². The highest BCUT2D eigenvalue weighted by molar-refractivity contribution is 6.03. The second kappa shape index (κ2) is 7.10. The molecule has 0 fully saturated rings. The molecule has 1 unspecified atom stereocenters. The average molecular weight is 418 g/mol. The average Bonchev–Trinajstić information content (AvgIpc) is 3.29. The number of hydrogen-bond acceptors (Lipinski definition) is 7. The van der Waals surface area contributed by atoms with Crippen LogP contribution in [0.3, 0.4) is 0 Å². The van der Waals surface area contributed by atoms with Gasteiger partial charge in [-0.05, 0) is 17.7 Å². The van der Waals surface area contributed by atoms with Gasteiger partial charge in [0.05, 0.1) is 12.4 Å². The Hall–Kier alpha value is -3.47. The molecule has 8 nitrogen and oxygen atoms in total. The van der Waals surface area contributed by atoms with E-state index in [9.17, 15) is 18.0 Å². The molecule has 0 amide bonds. The molecular weight excluding hydrogens is 401 g/mol. The predicted molar refractivity (Wildman–Crippen MR) is 104 cm³/mol. The van der Waals surface area contributed by atoms with Gasteiger partial charge in [-0.3, -0.25) is 4.79 Å². The van der Waals surface area contributed by atoms with Crippen molar-refractivity contribution in [3.8, 4) is 11.5 Å². The SMILES string of the molecule is CNc1nc2oc(-c3cccc(C(N)C(=O)CC(F)(F)F)c3)nc2c2c1ncn2C. The number of rotatable bonds is 5. The van der Waals surface area contributed by atoms with Crippen LogP contribution >= 0.6 is 0 Å². The number of carbonyl (C=O) groups excluding carboxylic acids is 1. The van der Waals surface area contributed by atoms with Crippen LogP contribution in [0.5, 0.6) is 0 Å². The van der Waals surface area contributed by atoms with Gasteiger partial charge in [-0.2, -0.15) is 18.2 Å². The Morgan fingerprint density at radius 3 is 2.77 bits per heavy atom. The number of anilines is 1. The van der Waals surface area contributed by atoms with Crippen molar-refractivity contribution in [2.24, 2.45) is 12.8 Å². The number of hydrogen-bond donors (Lipinski definition) is 2. The molecule has 0 bridgehead atoms. The third-order valence-electron chi connectivity index (χ3n) is 4.66. The van der Waals surface area contributed by atoms with Gasteiger partial charge in [0, 0.05) is 19.7 Å². The van der Waals surface area contributed by atoms with Gasteiger partial charge in [0.25, 0.3) is 5.71 Å². The minimum atomic E-state index is -4.61. The summed E-state index contributed by atoms with van der Waals surface area (Å²) < 4.78 is 45.1. The number of pyridine rings is 1. The maximum Gasteiger partial charge on any atom is 0.395 e. The summed E-state index contributed by atoms with van der Waals surface area (Å²) in [4.78, 5) is 25.1. The lowest BCUT2D eigenvalue weighted by Crippen LogP contribution is -2.26. The van der Waals surface area contributed by atoms with Gasteiger partial charge in [0.15, 0.2) is 17.1 Å². The van der Waals surface area contributed by atoms with Crippen LogP contribution in [0.1, 0.15) is 18.0 Å². The van der Waals surface area contributed by atoms with E-state index in [1.165, 1.54) is 12.1 Å². The molecule has 1 aromatic carbocycles. The standard InChI is InChI=1S/C19H17F3N6O2/c1-24-16-13-15(28(2)8-25-13)14-18(27-16)30-17(26-14)10-5-3-4-9(6-10)12(23)11(29)7-19(20,21)22/h3-6,8,12H,7,23H2,1-2H3,(H,24,27). The Morgan fingerprint density at radius 2 is 2.07 bits per heavy atom. The summed E-state index contributed by atoms with van der Waals surface area (Å²) in [7, 11) is 3.52. The first-order valence-electron chi connectivity index (χ1n) is 8.92. The van der Waals surface area contributed by atoms with Crippen molar-refractivity contribution >= 4 is 33.9 Å². The highest BCUT2D eigenvalue weighted by Crippen LogP contribution is 2.32. The zero-order valence-electron chi connectivity index (χ0n) is 16.0. The summed E-state index contributed by atoms with van der Waals surface area (Å²) in [5.41, 5.74) is 8.55. The van der Waals surface area contributed by atoms with Gasteiger partial charge in [-0.1, -0.05) is 12.1 Å². The van der Waals surface area contributed by atoms with Crippen molar-refractivity contribution in [3.63, 3.8) is 0 Å². The van der Waals surface area contributed by atoms with Gasteiger partial charge in [0.1, 0.15) is 17.5 Å². The number of aryl methyl sites for hydroxylation is 1. The molecule has 0 aliphatic heterocycles. The van der Waals surface area contributed by atoms with E-state index in [1.54, 1.807) is 30.1 Å². The minimum Gasteiger partial charge on any atom is -0.418 e. The van der Waals surface area contributed by atoms with Crippen LogP contribution in [0, 0.1) is 0 Å². The third-order valence-corrected chi connectivity index (χ3v) is 4.66. The monoisotopic (exact) mass is 418 g/mol. The van der Waals surface area contributed by atoms with Crippen molar-refractivity contribution in [2.45, 2.75) is 18.6 Å². The van der Waals surface area contributed by atoms with Crippen LogP contribution in [0.4, 0.5) is 19.0 Å². The van der Waals surface area contributed by atoms with Crippen molar-refractivity contribution < 1.29 is 22.4 Å². The van der Waals surface area contributed by atoms with E-state index >= 15 is 0 Å². The van der Waals surface area contributed by atoms with E-state index < -0.39 is 24.4 Å². The van der Waals surface area contributed by atoms with E-state index in [2.05, 4.69) is 20.3 Å². The summed E-state index contributed by atoms with van der Waals surface area (Å²) >= 11 is 0. The summed E-state index contributed by atoms with van der Waals surface area (Å²) in [5.74, 6) is -0.394. The fraction of sp³-hybridized carbons (Fsp3) is 0.263. The van der Waals surface area contributed by atoms with Gasteiger partial charge in [0.2, 0.25) is 5.89 Å². The molecule has 3 aromatic heterocycles. The fourth-order valence-corrected chi connectivity index (χ4v) is 3.24. The number of carbonyl (C=O) groups is 1. The number of fused-ring (bicyclic) bond motifs is 3. The highest BCUT2D eigenvalue weighted by Gasteiger charge is 2.34. The molecule has 0 aliphatic carbocycles. The van der Waals surface area contributed by atoms with Crippen molar-refractivity contribution in [3.05, 3.63) is 36.2 Å². The van der Waals surface area contributed by atoms with E-state index in [0.717, 1.165) is 0 Å². The summed E-state index contributed by atoms with van der Waals surface area (Å²) in [5, 5.41) is 2.96. The molecule has 156 valence electrons. The first kappa shape index (κ1) is 19.8. The molecule has 0 radical (unpaired) electrons. The van der Waals surface area contributed by atoms with Gasteiger partial charge >= 0.3 is 6.18 Å². The number of nitrogens with zero attached hydrogens (tertiary/aromatic N) is 4. The third kappa shape index (κ3) is 3.47. The molecule has 0 saturated heterocycles. The molecule has 4 aromatic rings. The first-order chi connectivity index (χ1) is 14.2. The van der Waals surface area contributed by atoms with Crippen molar-refractivity contribution in [1.29, 1.82) is 0 Å². The molecule has 0 aliphatic rings. The molecule has 3 heterocycles. The number of imidazole rings is 1. The number of oxazole rings is 1. The number of Topliss-reactive ketones (excluding diaryl/α,β-unsaturated/α-hetero) is 1. The largest absolute Gasteiger partial charge is 0.418 e. The minimum absolute atomic E-state index is 0.200. The normalized spacial score (nSPS) is 13.1. The number of alkyl halides is 3. The number of ketones is 1. The zero-order chi connectivity index (χ0) is 21.6. The van der Waals surface area contributed by atoms with Crippen molar-refractivity contribution in [2.75, 3.05) is 12.4 Å². The summed E-state index contributed by atoms with van der Waals surface area (Å²) in [6, 6.07) is 4.81. The van der Waals surface area contributed by atoms with Crippen LogP contribution < -0.4 is 11.1 Å². The highest BCUT2D eigenvalue weighted by atomic mass is 19.4. The lowest BCUT2D eigenvalue weighted by molar-refractivity contribution is -0.153. The lowest BCUT2D eigenvalue weighted by Gasteiger charge is -2.13. The van der Waals surface area contributed by atoms with Crippen molar-refractivity contribution in [1.82, 2.24) is 19.5 Å². The Morgan fingerprint density at radius 1 is 1.30 bits per heavy atom. The Kier molecular flexibility index (Phi) is 4.69. The fourth-order valence-electron chi connectivity index (χ4n) is 3.24. The summed E-state index contributed by atoms with van der Waals surface area (Å²) in [6.45, 7) is 0. The van der Waals surface area contributed by atoms with Gasteiger partial charge in [-0.15, -0.1) is 0 Å². The molecule has 30 heavy (non-hydrogen) atoms. The molecule has 11 heteroatoms. The number of aromatic nitrogens is 4. The molecule has 1 atom stereocenters. The molecule has 0 spiro atoms. The number of nitrogens with one attached hydrogen (secondary N) is 1. The molecule has 0 saturated carbocycles. The zero-order valence-corrected chi connectivity index (χ0v) is 16.0. The van der Waals surface area contributed by atoms with E-state index in [1.807, 2.05) is 7.05 Å². The Balaban J connectivity index is 1.76. The Bertz CT molecular complexity index is 1260. The van der Waals surface area contributed by atoms with Gasteiger partial charge in [-0.25, -0.2) is 9.97 Å². The second-order valence-electron chi connectivity index (χ2n) is 6.80.